The van der Waals surface area contributed by atoms with Gasteiger partial charge in [0.2, 0.25) is 0 Å². The first kappa shape index (κ1) is 10.8. The van der Waals surface area contributed by atoms with Gasteiger partial charge in [-0.3, -0.25) is 0 Å². The van der Waals surface area contributed by atoms with Gasteiger partial charge < -0.3 is 4.74 Å². The smallest absolute Gasteiger partial charge is 0.347 e. The number of carbonyl (C=O) groups excluding carboxylic acids is 1. The van der Waals surface area contributed by atoms with Crippen molar-refractivity contribution in [1.82, 2.24) is 15.0 Å². The first-order valence-electron chi connectivity index (χ1n) is 5.15. The Hall–Kier alpha value is -2.34. The molecule has 0 aliphatic rings. The van der Waals surface area contributed by atoms with Crippen LogP contribution in [0.25, 0.3) is 11.0 Å². The van der Waals surface area contributed by atoms with Crippen LogP contribution in [0.3, 0.4) is 0 Å². The number of thiazole rings is 1. The zero-order valence-corrected chi connectivity index (χ0v) is 9.92. The van der Waals surface area contributed by atoms with Crippen LogP contribution in [0.5, 0.6) is 5.19 Å². The van der Waals surface area contributed by atoms with Crippen LogP contribution in [0, 0.1) is 0 Å². The highest BCUT2D eigenvalue weighted by molar-refractivity contribution is 7.11. The second kappa shape index (κ2) is 4.50. The molecule has 0 unspecified atom stereocenters. The lowest BCUT2D eigenvalue weighted by molar-refractivity contribution is 0.0734. The van der Waals surface area contributed by atoms with Gasteiger partial charge >= 0.3 is 5.97 Å². The summed E-state index contributed by atoms with van der Waals surface area (Å²) in [7, 11) is 0. The maximum absolute atomic E-state index is 11.8. The number of pyridine rings is 2. The number of hydrogen-bond acceptors (Lipinski definition) is 6. The third kappa shape index (κ3) is 2.05. The lowest BCUT2D eigenvalue weighted by atomic mass is 10.2. The summed E-state index contributed by atoms with van der Waals surface area (Å²) in [5, 5.41) is 2.86. The van der Waals surface area contributed by atoms with E-state index < -0.39 is 5.97 Å². The molecule has 88 valence electrons. The normalized spacial score (nSPS) is 10.4. The number of ether oxygens (including phenoxy) is 1. The number of hydrogen-bond donors (Lipinski definition) is 0. The molecule has 18 heavy (non-hydrogen) atoms. The second-order valence-corrected chi connectivity index (χ2v) is 4.32. The minimum atomic E-state index is -0.469. The van der Waals surface area contributed by atoms with Gasteiger partial charge in [0, 0.05) is 29.4 Å². The minimum absolute atomic E-state index is 0.325. The minimum Gasteiger partial charge on any atom is -0.394 e. The molecule has 0 N–H and O–H groups in total. The molecule has 0 radical (unpaired) electrons. The molecule has 3 rings (SSSR count). The van der Waals surface area contributed by atoms with E-state index in [1.807, 2.05) is 6.07 Å². The Bertz CT molecular complexity index is 697. The van der Waals surface area contributed by atoms with Gasteiger partial charge in [0.15, 0.2) is 5.65 Å². The highest BCUT2D eigenvalue weighted by atomic mass is 32.1. The average molecular weight is 257 g/mol. The molecule has 0 fully saturated rings. The van der Waals surface area contributed by atoms with Gasteiger partial charge in [-0.25, -0.2) is 19.7 Å². The SMILES string of the molecule is O=C(Oc1nccs1)c1cnc2ncccc2c1. The van der Waals surface area contributed by atoms with Gasteiger partial charge in [0.05, 0.1) is 5.56 Å². The quantitative estimate of drug-likeness (QED) is 0.659. The van der Waals surface area contributed by atoms with E-state index in [0.717, 1.165) is 5.39 Å². The van der Waals surface area contributed by atoms with Crippen molar-refractivity contribution in [3.8, 4) is 5.19 Å². The Morgan fingerprint density at radius 3 is 3.00 bits per heavy atom. The van der Waals surface area contributed by atoms with Gasteiger partial charge in [0.25, 0.3) is 5.19 Å². The molecule has 0 saturated carbocycles. The number of fused-ring (bicyclic) bond motifs is 1. The Morgan fingerprint density at radius 1 is 1.22 bits per heavy atom. The van der Waals surface area contributed by atoms with Crippen LogP contribution in [-0.4, -0.2) is 20.9 Å². The summed E-state index contributed by atoms with van der Waals surface area (Å²) < 4.78 is 5.10. The zero-order chi connectivity index (χ0) is 12.4. The largest absolute Gasteiger partial charge is 0.394 e. The van der Waals surface area contributed by atoms with E-state index in [0.29, 0.717) is 16.4 Å². The summed E-state index contributed by atoms with van der Waals surface area (Å²) in [4.78, 5) is 23.9. The Balaban J connectivity index is 1.92. The summed E-state index contributed by atoms with van der Waals surface area (Å²) in [6, 6.07) is 5.33. The highest BCUT2D eigenvalue weighted by Gasteiger charge is 2.11. The van der Waals surface area contributed by atoms with Gasteiger partial charge in [0.1, 0.15) is 0 Å². The summed E-state index contributed by atoms with van der Waals surface area (Å²) >= 11 is 1.26. The zero-order valence-electron chi connectivity index (χ0n) is 9.11. The molecular formula is C12H7N3O2S. The molecule has 3 aromatic heterocycles. The number of esters is 1. The van der Waals surface area contributed by atoms with Crippen LogP contribution >= 0.6 is 11.3 Å². The van der Waals surface area contributed by atoms with Gasteiger partial charge in [-0.05, 0) is 18.2 Å². The Kier molecular flexibility index (Phi) is 2.70. The maximum Gasteiger partial charge on any atom is 0.347 e. The van der Waals surface area contributed by atoms with E-state index in [2.05, 4.69) is 15.0 Å². The monoisotopic (exact) mass is 257 g/mol. The van der Waals surface area contributed by atoms with Crippen LogP contribution < -0.4 is 4.74 Å². The molecule has 0 atom stereocenters. The highest BCUT2D eigenvalue weighted by Crippen LogP contribution is 2.17. The van der Waals surface area contributed by atoms with Crippen LogP contribution in [0.15, 0.2) is 42.2 Å². The predicted molar refractivity (Wildman–Crippen MR) is 66.6 cm³/mol. The average Bonchev–Trinajstić information content (AvgIpc) is 2.91. The van der Waals surface area contributed by atoms with Gasteiger partial charge in [-0.2, -0.15) is 0 Å². The Labute approximate surface area is 106 Å². The third-order valence-electron chi connectivity index (χ3n) is 2.28. The topological polar surface area (TPSA) is 65.0 Å². The lowest BCUT2D eigenvalue weighted by Crippen LogP contribution is -2.08. The molecule has 3 aromatic rings. The molecular weight excluding hydrogens is 250 g/mol. The molecule has 0 aliphatic heterocycles. The summed E-state index contributed by atoms with van der Waals surface area (Å²) in [5.74, 6) is -0.469. The third-order valence-corrected chi connectivity index (χ3v) is 2.93. The number of carbonyl (C=O) groups is 1. The van der Waals surface area contributed by atoms with Crippen LogP contribution in [0.1, 0.15) is 10.4 Å². The molecule has 6 heteroatoms. The van der Waals surface area contributed by atoms with E-state index in [-0.39, 0.29) is 0 Å². The number of nitrogens with zero attached hydrogens (tertiary/aromatic N) is 3. The van der Waals surface area contributed by atoms with E-state index in [1.165, 1.54) is 17.5 Å². The van der Waals surface area contributed by atoms with E-state index >= 15 is 0 Å². The summed E-state index contributed by atoms with van der Waals surface area (Å²) in [6.45, 7) is 0. The summed E-state index contributed by atoms with van der Waals surface area (Å²) in [6.07, 6.45) is 4.68. The van der Waals surface area contributed by atoms with E-state index in [1.54, 1.807) is 29.9 Å². The first-order valence-corrected chi connectivity index (χ1v) is 6.03. The van der Waals surface area contributed by atoms with Crippen molar-refractivity contribution in [2.75, 3.05) is 0 Å². The predicted octanol–water partition coefficient (Wildman–Crippen LogP) is 2.31. The molecule has 0 saturated heterocycles. The summed E-state index contributed by atoms with van der Waals surface area (Å²) in [5.41, 5.74) is 0.981. The van der Waals surface area contributed by atoms with Gasteiger partial charge in [-0.15, -0.1) is 0 Å². The number of rotatable bonds is 2. The lowest BCUT2D eigenvalue weighted by Gasteiger charge is -2.01. The van der Waals surface area contributed by atoms with Crippen LogP contribution in [-0.2, 0) is 0 Å². The van der Waals surface area contributed by atoms with Crippen LogP contribution in [0.4, 0.5) is 0 Å². The van der Waals surface area contributed by atoms with Crippen molar-refractivity contribution < 1.29 is 9.53 Å². The van der Waals surface area contributed by atoms with Crippen molar-refractivity contribution in [2.24, 2.45) is 0 Å². The fourth-order valence-corrected chi connectivity index (χ4v) is 1.96. The molecule has 3 heterocycles. The molecule has 5 nitrogen and oxygen atoms in total. The fraction of sp³-hybridized carbons (Fsp3) is 0. The molecule has 0 spiro atoms. The standard InChI is InChI=1S/C12H7N3O2S/c16-11(17-12-14-4-5-18-12)9-6-8-2-1-3-13-10(8)15-7-9/h1-7H. The van der Waals surface area contributed by atoms with Crippen LogP contribution in [0.2, 0.25) is 0 Å². The second-order valence-electron chi connectivity index (χ2n) is 3.46. The molecule has 0 aliphatic carbocycles. The fourth-order valence-electron chi connectivity index (χ4n) is 1.48. The van der Waals surface area contributed by atoms with E-state index in [9.17, 15) is 4.79 Å². The van der Waals surface area contributed by atoms with Crippen molar-refractivity contribution in [3.63, 3.8) is 0 Å². The Morgan fingerprint density at radius 2 is 2.17 bits per heavy atom. The van der Waals surface area contributed by atoms with Crippen molar-refractivity contribution in [1.29, 1.82) is 0 Å². The van der Waals surface area contributed by atoms with Crippen molar-refractivity contribution in [3.05, 3.63) is 47.7 Å². The van der Waals surface area contributed by atoms with E-state index in [4.69, 9.17) is 4.74 Å². The molecule has 0 bridgehead atoms. The maximum atomic E-state index is 11.8. The first-order chi connectivity index (χ1) is 8.83. The molecule has 0 amide bonds. The van der Waals surface area contributed by atoms with Gasteiger partial charge in [-0.1, -0.05) is 11.3 Å². The number of aromatic nitrogens is 3. The van der Waals surface area contributed by atoms with Crippen molar-refractivity contribution >= 4 is 28.3 Å². The molecule has 0 aromatic carbocycles. The van der Waals surface area contributed by atoms with Crippen molar-refractivity contribution in [2.45, 2.75) is 0 Å².